The first kappa shape index (κ1) is 10.7. The number of benzene rings is 2. The summed E-state index contributed by atoms with van der Waals surface area (Å²) in [5.41, 5.74) is 2.02. The number of nitrogens with zero attached hydrogens (tertiary/aromatic N) is 1. The van der Waals surface area contributed by atoms with E-state index in [1.165, 1.54) is 20.2 Å². The van der Waals surface area contributed by atoms with E-state index in [4.69, 9.17) is 0 Å². The van der Waals surface area contributed by atoms with Crippen LogP contribution in [0.25, 0.3) is 31.4 Å². The van der Waals surface area contributed by atoms with Crippen molar-refractivity contribution >= 4 is 31.5 Å². The molecule has 0 aliphatic carbocycles. The quantitative estimate of drug-likeness (QED) is 0.473. The zero-order chi connectivity index (χ0) is 12.7. The molecule has 2 heterocycles. The largest absolute Gasteiger partial charge is 0.256 e. The van der Waals surface area contributed by atoms with Gasteiger partial charge in [0.25, 0.3) is 0 Å². The Morgan fingerprint density at radius 2 is 1.79 bits per heavy atom. The van der Waals surface area contributed by atoms with Gasteiger partial charge in [0.05, 0.1) is 5.69 Å². The molecule has 0 N–H and O–H groups in total. The molecule has 0 saturated carbocycles. The number of hydrogen-bond donors (Lipinski definition) is 0. The smallest absolute Gasteiger partial charge is 0.0708 e. The number of hydrogen-bond acceptors (Lipinski definition) is 2. The van der Waals surface area contributed by atoms with Crippen LogP contribution in [0.1, 0.15) is 0 Å². The van der Waals surface area contributed by atoms with Gasteiger partial charge in [-0.2, -0.15) is 0 Å². The van der Waals surface area contributed by atoms with Crippen LogP contribution in [0.3, 0.4) is 0 Å². The highest BCUT2D eigenvalue weighted by molar-refractivity contribution is 7.25. The first-order valence-corrected chi connectivity index (χ1v) is 6.98. The van der Waals surface area contributed by atoms with Gasteiger partial charge in [0, 0.05) is 31.9 Å². The van der Waals surface area contributed by atoms with E-state index in [2.05, 4.69) is 47.4 Å². The standard InChI is InChI=1S/C17H10NS/c1-2-7-16-13(5-1)14-11-12(8-9-17(14)19-16)15-6-3-4-10-18-15/h1-7,9-11H. The highest BCUT2D eigenvalue weighted by Crippen LogP contribution is 2.35. The third kappa shape index (κ3) is 1.72. The molecular formula is C17H10NS. The molecule has 2 heteroatoms. The average Bonchev–Trinajstić information content (AvgIpc) is 2.86. The van der Waals surface area contributed by atoms with E-state index >= 15 is 0 Å². The van der Waals surface area contributed by atoms with Crippen LogP contribution in [-0.2, 0) is 0 Å². The molecule has 0 unspecified atom stereocenters. The third-order valence-corrected chi connectivity index (χ3v) is 4.38. The second-order valence-electron chi connectivity index (χ2n) is 4.44. The van der Waals surface area contributed by atoms with Crippen molar-refractivity contribution in [2.45, 2.75) is 0 Å². The predicted molar refractivity (Wildman–Crippen MR) is 81.4 cm³/mol. The fourth-order valence-electron chi connectivity index (χ4n) is 2.34. The van der Waals surface area contributed by atoms with Gasteiger partial charge in [-0.05, 0) is 36.4 Å². The molecule has 19 heavy (non-hydrogen) atoms. The van der Waals surface area contributed by atoms with Crippen LogP contribution in [0.15, 0.2) is 60.8 Å². The summed E-state index contributed by atoms with van der Waals surface area (Å²) in [5, 5.41) is 2.61. The lowest BCUT2D eigenvalue weighted by Crippen LogP contribution is -1.81. The van der Waals surface area contributed by atoms with Crippen LogP contribution in [-0.4, -0.2) is 4.98 Å². The van der Waals surface area contributed by atoms with E-state index < -0.39 is 0 Å². The maximum atomic E-state index is 4.39. The molecular weight excluding hydrogens is 250 g/mol. The van der Waals surface area contributed by atoms with Gasteiger partial charge >= 0.3 is 0 Å². The summed E-state index contributed by atoms with van der Waals surface area (Å²) in [6.45, 7) is 0. The number of thiophene rings is 1. The molecule has 4 rings (SSSR count). The summed E-state index contributed by atoms with van der Waals surface area (Å²) >= 11 is 1.81. The molecule has 0 saturated heterocycles. The van der Waals surface area contributed by atoms with Crippen LogP contribution in [0, 0.1) is 6.07 Å². The van der Waals surface area contributed by atoms with Crippen LogP contribution in [0.4, 0.5) is 0 Å². The molecule has 2 aromatic heterocycles. The van der Waals surface area contributed by atoms with Crippen molar-refractivity contribution in [2.75, 3.05) is 0 Å². The van der Waals surface area contributed by atoms with Crippen molar-refractivity contribution in [1.29, 1.82) is 0 Å². The molecule has 0 atom stereocenters. The summed E-state index contributed by atoms with van der Waals surface area (Å²) in [7, 11) is 0. The molecule has 1 nitrogen and oxygen atoms in total. The Balaban J connectivity index is 2.03. The molecule has 89 valence electrons. The second kappa shape index (κ2) is 4.18. The van der Waals surface area contributed by atoms with Crippen LogP contribution in [0.5, 0.6) is 0 Å². The molecule has 2 aromatic carbocycles. The SMILES string of the molecule is [c]1cc2sc3ccccc3c2cc1-c1ccccn1. The van der Waals surface area contributed by atoms with Crippen LogP contribution >= 0.6 is 11.3 Å². The number of pyridine rings is 1. The molecule has 0 fully saturated rings. The van der Waals surface area contributed by atoms with Crippen LogP contribution in [0.2, 0.25) is 0 Å². The van der Waals surface area contributed by atoms with Gasteiger partial charge < -0.3 is 0 Å². The highest BCUT2D eigenvalue weighted by atomic mass is 32.1. The minimum atomic E-state index is 0.972. The minimum Gasteiger partial charge on any atom is -0.256 e. The van der Waals surface area contributed by atoms with Gasteiger partial charge in [-0.25, -0.2) is 0 Å². The Kier molecular flexibility index (Phi) is 2.35. The van der Waals surface area contributed by atoms with E-state index in [9.17, 15) is 0 Å². The lowest BCUT2D eigenvalue weighted by molar-refractivity contribution is 1.33. The fourth-order valence-corrected chi connectivity index (χ4v) is 3.41. The summed E-state index contributed by atoms with van der Waals surface area (Å²) in [5.74, 6) is 0. The molecule has 0 aliphatic heterocycles. The second-order valence-corrected chi connectivity index (χ2v) is 5.52. The van der Waals surface area contributed by atoms with Gasteiger partial charge in [-0.15, -0.1) is 11.3 Å². The average molecular weight is 260 g/mol. The molecule has 0 spiro atoms. The normalized spacial score (nSPS) is 11.2. The van der Waals surface area contributed by atoms with Gasteiger partial charge in [-0.3, -0.25) is 4.98 Å². The Labute approximate surface area is 115 Å². The number of rotatable bonds is 1. The maximum absolute atomic E-state index is 4.39. The van der Waals surface area contributed by atoms with Crippen molar-refractivity contribution in [3.8, 4) is 11.3 Å². The van der Waals surface area contributed by atoms with Crippen molar-refractivity contribution in [1.82, 2.24) is 4.98 Å². The first-order valence-electron chi connectivity index (χ1n) is 6.16. The first-order chi connectivity index (χ1) is 9.42. The lowest BCUT2D eigenvalue weighted by Gasteiger charge is -2.00. The zero-order valence-corrected chi connectivity index (χ0v) is 10.9. The van der Waals surface area contributed by atoms with E-state index in [0.717, 1.165) is 11.3 Å². The van der Waals surface area contributed by atoms with Crippen LogP contribution < -0.4 is 0 Å². The summed E-state index contributed by atoms with van der Waals surface area (Å²) in [4.78, 5) is 4.39. The van der Waals surface area contributed by atoms with E-state index in [0.29, 0.717) is 0 Å². The maximum Gasteiger partial charge on any atom is 0.0708 e. The van der Waals surface area contributed by atoms with Gasteiger partial charge in [0.15, 0.2) is 0 Å². The van der Waals surface area contributed by atoms with Crippen molar-refractivity contribution < 1.29 is 0 Å². The van der Waals surface area contributed by atoms with Gasteiger partial charge in [0.1, 0.15) is 0 Å². The van der Waals surface area contributed by atoms with Crippen molar-refractivity contribution in [2.24, 2.45) is 0 Å². The Hall–Kier alpha value is -2.19. The zero-order valence-electron chi connectivity index (χ0n) is 10.1. The van der Waals surface area contributed by atoms with Crippen molar-refractivity contribution in [3.63, 3.8) is 0 Å². The summed E-state index contributed by atoms with van der Waals surface area (Å²) < 4.78 is 2.60. The molecule has 0 aliphatic rings. The topological polar surface area (TPSA) is 12.9 Å². The predicted octanol–water partition coefficient (Wildman–Crippen LogP) is 4.92. The van der Waals surface area contributed by atoms with E-state index in [1.54, 1.807) is 0 Å². The van der Waals surface area contributed by atoms with E-state index in [1.807, 2.05) is 35.7 Å². The summed E-state index contributed by atoms with van der Waals surface area (Å²) in [6.07, 6.45) is 1.82. The summed E-state index contributed by atoms with van der Waals surface area (Å²) in [6, 6.07) is 22.1. The molecule has 0 amide bonds. The fraction of sp³-hybridized carbons (Fsp3) is 0. The van der Waals surface area contributed by atoms with Gasteiger partial charge in [0.2, 0.25) is 0 Å². The van der Waals surface area contributed by atoms with Crippen molar-refractivity contribution in [3.05, 3.63) is 66.9 Å². The third-order valence-electron chi connectivity index (χ3n) is 3.25. The lowest BCUT2D eigenvalue weighted by atomic mass is 10.1. The Bertz CT molecular complexity index is 862. The van der Waals surface area contributed by atoms with Gasteiger partial charge in [-0.1, -0.05) is 24.3 Å². The minimum absolute atomic E-state index is 0.972. The Morgan fingerprint density at radius 1 is 0.895 bits per heavy atom. The Morgan fingerprint density at radius 3 is 2.68 bits per heavy atom. The number of fused-ring (bicyclic) bond motifs is 3. The highest BCUT2D eigenvalue weighted by Gasteiger charge is 2.06. The molecule has 1 radical (unpaired) electrons. The van der Waals surface area contributed by atoms with E-state index in [-0.39, 0.29) is 0 Å². The molecule has 0 bridgehead atoms. The molecule has 4 aromatic rings. The number of aromatic nitrogens is 1. The monoisotopic (exact) mass is 260 g/mol.